The number of carboxylic acids is 1. The first kappa shape index (κ1) is 28.3. The van der Waals surface area contributed by atoms with Gasteiger partial charge in [0.2, 0.25) is 0 Å². The normalized spacial score (nSPS) is 15.1. The summed E-state index contributed by atoms with van der Waals surface area (Å²) in [5.41, 5.74) is 0. The monoisotopic (exact) mass is 432 g/mol. The number of hydrogen-bond acceptors (Lipinski definition) is 7. The number of rotatable bonds is 18. The van der Waals surface area contributed by atoms with Crippen molar-refractivity contribution in [3.05, 3.63) is 0 Å². The van der Waals surface area contributed by atoms with Crippen LogP contribution in [0.5, 0.6) is 0 Å². The molecule has 0 heterocycles. The average molecular weight is 433 g/mol. The number of unbranched alkanes of at least 4 members (excludes halogenated alkanes) is 3. The van der Waals surface area contributed by atoms with Gasteiger partial charge in [-0.05, 0) is 32.1 Å². The summed E-state index contributed by atoms with van der Waals surface area (Å²) in [5.74, 6) is -6.03. The Labute approximate surface area is 180 Å². The topological polar surface area (TPSA) is 108 Å². The van der Waals surface area contributed by atoms with Crippen molar-refractivity contribution in [1.29, 1.82) is 0 Å². The molecule has 0 spiro atoms. The van der Waals surface area contributed by atoms with Gasteiger partial charge in [-0.2, -0.15) is 0 Å². The van der Waals surface area contributed by atoms with Gasteiger partial charge in [-0.25, -0.2) is 14.4 Å². The molecule has 8 nitrogen and oxygen atoms in total. The second kappa shape index (κ2) is 16.1. The van der Waals surface area contributed by atoms with Crippen LogP contribution >= 0.6 is 0 Å². The highest BCUT2D eigenvalue weighted by molar-refractivity contribution is 5.77. The second-order valence-corrected chi connectivity index (χ2v) is 7.63. The molecule has 0 aliphatic carbocycles. The molecule has 1 N–H and O–H groups in total. The molecule has 8 heteroatoms. The van der Waals surface area contributed by atoms with Crippen molar-refractivity contribution in [2.45, 2.75) is 111 Å². The summed E-state index contributed by atoms with van der Waals surface area (Å²) >= 11 is 0. The molecule has 0 aliphatic rings. The molecule has 0 fully saturated rings. The summed E-state index contributed by atoms with van der Waals surface area (Å²) in [6.07, 6.45) is 6.78. The summed E-state index contributed by atoms with van der Waals surface area (Å²) in [6.45, 7) is 9.59. The van der Waals surface area contributed by atoms with Gasteiger partial charge in [-0.15, -0.1) is 9.78 Å². The summed E-state index contributed by atoms with van der Waals surface area (Å²) in [6, 6.07) is 0. The zero-order valence-corrected chi connectivity index (χ0v) is 19.2. The van der Waals surface area contributed by atoms with Gasteiger partial charge >= 0.3 is 23.7 Å². The fraction of sp³-hybridized carbons (Fsp3) is 0.864. The first-order valence-electron chi connectivity index (χ1n) is 11.3. The van der Waals surface area contributed by atoms with Gasteiger partial charge in [0, 0.05) is 6.42 Å². The van der Waals surface area contributed by atoms with E-state index < -0.39 is 35.5 Å². The number of carbonyl (C=O) groups excluding carboxylic acids is 2. The third-order valence-electron chi connectivity index (χ3n) is 5.17. The lowest BCUT2D eigenvalue weighted by Gasteiger charge is -2.26. The first-order chi connectivity index (χ1) is 14.3. The molecule has 0 bridgehead atoms. The van der Waals surface area contributed by atoms with Crippen molar-refractivity contribution in [2.75, 3.05) is 0 Å². The Hall–Kier alpha value is -1.67. The molecule has 0 radical (unpaired) electrons. The molecule has 2 atom stereocenters. The fourth-order valence-corrected chi connectivity index (χ4v) is 2.92. The van der Waals surface area contributed by atoms with E-state index in [9.17, 15) is 19.5 Å². The fourth-order valence-electron chi connectivity index (χ4n) is 2.92. The predicted molar refractivity (Wildman–Crippen MR) is 111 cm³/mol. The van der Waals surface area contributed by atoms with E-state index in [2.05, 4.69) is 0 Å². The van der Waals surface area contributed by atoms with E-state index in [-0.39, 0.29) is 6.42 Å². The maximum Gasteiger partial charge on any atom is 0.372 e. The van der Waals surface area contributed by atoms with Crippen molar-refractivity contribution < 1.29 is 39.0 Å². The highest BCUT2D eigenvalue weighted by atomic mass is 17.3. The highest BCUT2D eigenvalue weighted by Gasteiger charge is 2.47. The molecule has 30 heavy (non-hydrogen) atoms. The third-order valence-corrected chi connectivity index (χ3v) is 5.17. The summed E-state index contributed by atoms with van der Waals surface area (Å²) in [4.78, 5) is 56.4. The van der Waals surface area contributed by atoms with E-state index in [0.717, 1.165) is 25.7 Å². The first-order valence-corrected chi connectivity index (χ1v) is 11.3. The van der Waals surface area contributed by atoms with Crippen LogP contribution in [0, 0.1) is 11.8 Å². The SMILES string of the molecule is CCCCC(CC)C(=O)OOC(CCCC)(OOC(=O)C(CC)CCCC)C(=O)O. The highest BCUT2D eigenvalue weighted by Crippen LogP contribution is 2.26. The molecular formula is C22H40O8. The molecule has 0 aromatic carbocycles. The van der Waals surface area contributed by atoms with Gasteiger partial charge in [0.05, 0.1) is 11.8 Å². The molecule has 2 unspecified atom stereocenters. The maximum absolute atomic E-state index is 12.3. The quantitative estimate of drug-likeness (QED) is 0.176. The summed E-state index contributed by atoms with van der Waals surface area (Å²) in [5, 5.41) is 9.72. The standard InChI is InChI=1S/C22H40O8/c1-6-11-14-17(9-4)19(23)27-29-22(21(25)26,16-13-8-3)30-28-20(24)18(10-5)15-12-7-2/h17-18H,6-16H2,1-5H3,(H,25,26). The van der Waals surface area contributed by atoms with E-state index in [1.165, 1.54) is 0 Å². The lowest BCUT2D eigenvalue weighted by Crippen LogP contribution is -2.46. The van der Waals surface area contributed by atoms with Crippen LogP contribution in [0.3, 0.4) is 0 Å². The van der Waals surface area contributed by atoms with Gasteiger partial charge in [0.15, 0.2) is 0 Å². The van der Waals surface area contributed by atoms with Crippen LogP contribution in [-0.2, 0) is 33.9 Å². The largest absolute Gasteiger partial charge is 0.477 e. The molecule has 0 aliphatic heterocycles. The maximum atomic E-state index is 12.3. The molecule has 0 rings (SSSR count). The molecule has 0 aromatic rings. The van der Waals surface area contributed by atoms with E-state index in [1.54, 1.807) is 0 Å². The molecule has 176 valence electrons. The smallest absolute Gasteiger partial charge is 0.372 e. The average Bonchev–Trinajstić information content (AvgIpc) is 2.74. The Morgan fingerprint density at radius 3 is 1.43 bits per heavy atom. The van der Waals surface area contributed by atoms with Gasteiger partial charge in [0.1, 0.15) is 0 Å². The lowest BCUT2D eigenvalue weighted by molar-refractivity contribution is -0.469. The van der Waals surface area contributed by atoms with Gasteiger partial charge in [-0.1, -0.05) is 66.7 Å². The minimum atomic E-state index is -2.40. The van der Waals surface area contributed by atoms with E-state index in [0.29, 0.717) is 38.5 Å². The Morgan fingerprint density at radius 1 is 0.733 bits per heavy atom. The van der Waals surface area contributed by atoms with E-state index in [1.807, 2.05) is 34.6 Å². The van der Waals surface area contributed by atoms with Crippen LogP contribution in [0.2, 0.25) is 0 Å². The van der Waals surface area contributed by atoms with E-state index >= 15 is 0 Å². The minimum Gasteiger partial charge on any atom is -0.477 e. The number of hydrogen-bond donors (Lipinski definition) is 1. The minimum absolute atomic E-state index is 0.142. The number of aliphatic carboxylic acids is 1. The van der Waals surface area contributed by atoms with Crippen molar-refractivity contribution in [2.24, 2.45) is 11.8 Å². The van der Waals surface area contributed by atoms with Crippen LogP contribution in [0.15, 0.2) is 0 Å². The number of carbonyl (C=O) groups is 3. The van der Waals surface area contributed by atoms with Crippen LogP contribution in [0.25, 0.3) is 0 Å². The lowest BCUT2D eigenvalue weighted by atomic mass is 10.00. The van der Waals surface area contributed by atoms with E-state index in [4.69, 9.17) is 19.6 Å². The zero-order chi connectivity index (χ0) is 23.0. The van der Waals surface area contributed by atoms with Crippen LogP contribution in [0.1, 0.15) is 105 Å². The molecule has 0 saturated carbocycles. The number of carboxylic acid groups (broad SMARTS) is 1. The van der Waals surface area contributed by atoms with Crippen LogP contribution in [-0.4, -0.2) is 28.8 Å². The Bertz CT molecular complexity index is 473. The van der Waals surface area contributed by atoms with Crippen LogP contribution in [0.4, 0.5) is 0 Å². The van der Waals surface area contributed by atoms with Crippen molar-refractivity contribution in [3.8, 4) is 0 Å². The second-order valence-electron chi connectivity index (χ2n) is 7.63. The Morgan fingerprint density at radius 2 is 1.13 bits per heavy atom. The van der Waals surface area contributed by atoms with Gasteiger partial charge < -0.3 is 5.11 Å². The van der Waals surface area contributed by atoms with Crippen molar-refractivity contribution in [3.63, 3.8) is 0 Å². The van der Waals surface area contributed by atoms with Gasteiger partial charge in [-0.3, -0.25) is 9.78 Å². The Kier molecular flexibility index (Phi) is 15.2. The summed E-state index contributed by atoms with van der Waals surface area (Å²) in [7, 11) is 0. The molecular weight excluding hydrogens is 392 g/mol. The van der Waals surface area contributed by atoms with Crippen molar-refractivity contribution in [1.82, 2.24) is 0 Å². The van der Waals surface area contributed by atoms with Crippen molar-refractivity contribution >= 4 is 17.9 Å². The molecule has 0 amide bonds. The van der Waals surface area contributed by atoms with Crippen LogP contribution < -0.4 is 0 Å². The molecule has 0 saturated heterocycles. The zero-order valence-electron chi connectivity index (χ0n) is 19.2. The molecule has 0 aromatic heterocycles. The Balaban J connectivity index is 5.22. The van der Waals surface area contributed by atoms with Gasteiger partial charge in [0.25, 0.3) is 0 Å². The predicted octanol–water partition coefficient (Wildman–Crippen LogP) is 5.34. The summed E-state index contributed by atoms with van der Waals surface area (Å²) < 4.78 is 0. The third kappa shape index (κ3) is 9.89.